The fourth-order valence-electron chi connectivity index (χ4n) is 19.6. The molecule has 0 aromatic rings. The Kier molecular flexibility index (Phi) is 23.1. The summed E-state index contributed by atoms with van der Waals surface area (Å²) in [5.74, 6) is -5.03. The highest BCUT2D eigenvalue weighted by Gasteiger charge is 2.74. The molecule has 0 unspecified atom stereocenters. The number of rotatable bonds is 17. The molecule has 34 heteroatoms. The molecule has 11 aliphatic rings. The van der Waals surface area contributed by atoms with Gasteiger partial charge in [0.05, 0.1) is 61.7 Å². The molecular formula is C67H106O34. The Morgan fingerprint density at radius 2 is 1.02 bits per heavy atom. The Bertz CT molecular complexity index is 2950. The van der Waals surface area contributed by atoms with Gasteiger partial charge in [0.25, 0.3) is 0 Å². The van der Waals surface area contributed by atoms with Gasteiger partial charge in [-0.3, -0.25) is 14.4 Å². The summed E-state index contributed by atoms with van der Waals surface area (Å²) >= 11 is 0. The van der Waals surface area contributed by atoms with Crippen LogP contribution in [-0.4, -0.2) is 327 Å². The number of carboxylic acids is 1. The number of allylic oxidation sites excluding steroid dienone is 1. The summed E-state index contributed by atoms with van der Waals surface area (Å²) in [7, 11) is 0. The van der Waals surface area contributed by atoms with Crippen molar-refractivity contribution in [1.82, 2.24) is 0 Å². The second-order valence-electron chi connectivity index (χ2n) is 31.8. The van der Waals surface area contributed by atoms with Crippen molar-refractivity contribution in [2.45, 2.75) is 310 Å². The molecule has 0 spiro atoms. The van der Waals surface area contributed by atoms with Crippen LogP contribution in [0.25, 0.3) is 0 Å². The number of hydrogen-bond acceptors (Lipinski definition) is 33. The average Bonchev–Trinajstić information content (AvgIpc) is 0.669. The van der Waals surface area contributed by atoms with Crippen molar-refractivity contribution in [1.29, 1.82) is 0 Å². The molecule has 578 valence electrons. The van der Waals surface area contributed by atoms with Crippen LogP contribution in [-0.2, 0) is 76.0 Å². The second-order valence-corrected chi connectivity index (χ2v) is 31.8. The number of fused-ring (bicyclic) bond motifs is 7. The minimum atomic E-state index is -2.07. The van der Waals surface area contributed by atoms with Crippen LogP contribution in [0.4, 0.5) is 0 Å². The Morgan fingerprint density at radius 3 is 1.64 bits per heavy atom. The van der Waals surface area contributed by atoms with Crippen LogP contribution in [0.3, 0.4) is 0 Å². The van der Waals surface area contributed by atoms with Gasteiger partial charge in [-0.2, -0.15) is 0 Å². The lowest BCUT2D eigenvalue weighted by Crippen LogP contribution is -2.71. The Labute approximate surface area is 582 Å². The maximum absolute atomic E-state index is 16.1. The van der Waals surface area contributed by atoms with Crippen LogP contribution in [0.5, 0.6) is 0 Å². The zero-order valence-corrected chi connectivity index (χ0v) is 58.0. The summed E-state index contributed by atoms with van der Waals surface area (Å²) in [4.78, 5) is 43.4. The number of ether oxygens (including phenoxy) is 13. The average molecular weight is 1460 g/mol. The first kappa shape index (κ1) is 79.1. The molecule has 101 heavy (non-hydrogen) atoms. The zero-order chi connectivity index (χ0) is 74.0. The lowest BCUT2D eigenvalue weighted by Gasteiger charge is -2.71. The van der Waals surface area contributed by atoms with Crippen molar-refractivity contribution < 1.29 is 168 Å². The van der Waals surface area contributed by atoms with E-state index in [4.69, 9.17) is 61.6 Å². The Balaban J connectivity index is 0.905. The van der Waals surface area contributed by atoms with E-state index in [-0.39, 0.29) is 38.5 Å². The number of esters is 2. The molecular weight excluding hydrogens is 1350 g/mol. The van der Waals surface area contributed by atoms with E-state index in [0.717, 1.165) is 12.5 Å². The minimum Gasteiger partial charge on any atom is -0.481 e. The van der Waals surface area contributed by atoms with Crippen molar-refractivity contribution in [2.24, 2.45) is 50.2 Å². The molecule has 0 bridgehead atoms. The highest BCUT2D eigenvalue weighted by Crippen LogP contribution is 2.76. The SMILES string of the molecule is CC(=O)O[C@@H]1[C@H](O[C@@H]2O[C@@H](C)[C@H](O)[C@@H](O)[C@H]2O)[C@@H](O[C@@H]2O[C@@H](C)[C@H](O[C@@H]3OC[C@@H](O)[C@H](O)[C@H]3O)[C@@H](O)[C@H]2O)[C@H](OC(=O)[C@]23CCC(C)(C)C[C@H]2C2=CC[C@@H]4[C@@]5(C)C[C@H](O)[C@H](O[C@@H]6O[C@H](CO)[C@@H](O)[C@H](O)[C@H]6O[C@@H]6O[C@H](CO)[C@@H](O)[C@H](O)[C@H]6O)[C@@](C)(C(=O)O)[C@@H]5CC[C@@]4(C)[C@]2(CO)CC3)O[C@@H]1C. The molecule has 4 saturated carbocycles. The highest BCUT2D eigenvalue weighted by molar-refractivity contribution is 5.79. The Hall–Kier alpha value is -2.97. The van der Waals surface area contributed by atoms with Crippen molar-refractivity contribution in [2.75, 3.05) is 26.4 Å². The van der Waals surface area contributed by atoms with E-state index in [1.165, 1.54) is 27.7 Å². The van der Waals surface area contributed by atoms with E-state index in [9.17, 15) is 102 Å². The van der Waals surface area contributed by atoms with E-state index in [2.05, 4.69) is 20.8 Å². The zero-order valence-electron chi connectivity index (χ0n) is 58.0. The first-order chi connectivity index (χ1) is 47.3. The minimum absolute atomic E-state index is 0.0936. The summed E-state index contributed by atoms with van der Waals surface area (Å²) < 4.78 is 79.2. The maximum atomic E-state index is 16.1. The second kappa shape index (κ2) is 29.5. The van der Waals surface area contributed by atoms with Crippen LogP contribution >= 0.6 is 0 Å². The molecule has 11 rings (SSSR count). The van der Waals surface area contributed by atoms with E-state index in [1.807, 2.05) is 13.0 Å². The van der Waals surface area contributed by atoms with Crippen molar-refractivity contribution in [3.8, 4) is 0 Å². The standard InChI is InChI=1S/C67H106O34/c1-24-36(74)40(78)45(83)55(90-24)98-51-49(93-27(4)71)26(3)92-59(52(51)99-56-47(85)43(81)48(25(2)91-56)96-54-44(82)37(75)31(73)22-89-54)101-61(88)66-15-14-62(5,6)18-29(66)28-10-11-34-63(7)19-30(72)53(65(9,60(86)87)35(63)12-13-64(34,8)67(28,23-70)17-16-66)100-58-50(42(80)39(77)33(21-69)95-58)97-57-46(84)41(79)38(76)32(20-68)94-57/h10,24-26,29-59,68-70,72-85H,11-23H2,1-9H3,(H,86,87)/t24-,25-,26+,29-,30-,31+,32+,33+,34+,35+,36-,37-,38+,39+,40+,41-,42-,43-,44+,45+,46+,47+,48-,49-,50+,51-,52+,53-,54-,55-,56-,57-,58-,59-,63+,64+,65-,66-,67-/m0/s1. The first-order valence-electron chi connectivity index (χ1n) is 35.2. The molecule has 0 amide bonds. The third kappa shape index (κ3) is 13.5. The van der Waals surface area contributed by atoms with Gasteiger partial charge in [0, 0.05) is 12.3 Å². The van der Waals surface area contributed by atoms with Gasteiger partial charge in [0.1, 0.15) is 116 Å². The number of carboxylic acid groups (broad SMARTS) is 1. The molecule has 34 nitrogen and oxygen atoms in total. The van der Waals surface area contributed by atoms with Gasteiger partial charge in [-0.25, -0.2) is 0 Å². The molecule has 6 aliphatic heterocycles. The highest BCUT2D eigenvalue weighted by atomic mass is 16.8. The van der Waals surface area contributed by atoms with Gasteiger partial charge >= 0.3 is 17.9 Å². The summed E-state index contributed by atoms with van der Waals surface area (Å²) in [5, 5.41) is 200. The van der Waals surface area contributed by atoms with Crippen LogP contribution in [0, 0.1) is 50.2 Å². The molecule has 0 aromatic carbocycles. The normalized spacial score (nSPS) is 53.6. The molecule has 6 saturated heterocycles. The maximum Gasteiger partial charge on any atom is 0.315 e. The van der Waals surface area contributed by atoms with Gasteiger partial charge in [-0.05, 0) is 119 Å². The molecule has 18 N–H and O–H groups in total. The lowest BCUT2D eigenvalue weighted by molar-refractivity contribution is -0.390. The van der Waals surface area contributed by atoms with Gasteiger partial charge in [-0.1, -0.05) is 39.3 Å². The van der Waals surface area contributed by atoms with E-state index < -0.39 is 285 Å². The number of hydrogen-bond donors (Lipinski definition) is 18. The molecule has 6 heterocycles. The van der Waals surface area contributed by atoms with E-state index in [0.29, 0.717) is 19.3 Å². The van der Waals surface area contributed by atoms with Crippen molar-refractivity contribution in [3.63, 3.8) is 0 Å². The van der Waals surface area contributed by atoms with Crippen LogP contribution < -0.4 is 0 Å². The largest absolute Gasteiger partial charge is 0.481 e. The third-order valence-electron chi connectivity index (χ3n) is 25.4. The first-order valence-corrected chi connectivity index (χ1v) is 35.2. The predicted molar refractivity (Wildman–Crippen MR) is 332 cm³/mol. The number of aliphatic hydroxyl groups excluding tert-OH is 17. The Morgan fingerprint density at radius 1 is 0.495 bits per heavy atom. The molecule has 39 atom stereocenters. The third-order valence-corrected chi connectivity index (χ3v) is 25.4. The quantitative estimate of drug-likeness (QED) is 0.0368. The smallest absolute Gasteiger partial charge is 0.315 e. The summed E-state index contributed by atoms with van der Waals surface area (Å²) in [6.07, 6.45) is -49.7. The molecule has 10 fully saturated rings. The predicted octanol–water partition coefficient (Wildman–Crippen LogP) is -5.09. The number of aliphatic hydroxyl groups is 17. The number of carbonyl (C=O) groups is 3. The van der Waals surface area contributed by atoms with Gasteiger partial charge < -0.3 is 153 Å². The van der Waals surface area contributed by atoms with Crippen molar-refractivity contribution in [3.05, 3.63) is 11.6 Å². The van der Waals surface area contributed by atoms with Gasteiger partial charge in [-0.15, -0.1) is 0 Å². The molecule has 0 aromatic heterocycles. The topological polar surface area (TPSA) is 535 Å². The van der Waals surface area contributed by atoms with Crippen molar-refractivity contribution >= 4 is 17.9 Å². The molecule has 5 aliphatic carbocycles. The number of aliphatic carboxylic acids is 1. The van der Waals surface area contributed by atoms with Crippen LogP contribution in [0.1, 0.15) is 120 Å². The number of carbonyl (C=O) groups excluding carboxylic acids is 2. The fourth-order valence-corrected chi connectivity index (χ4v) is 19.6. The van der Waals surface area contributed by atoms with Gasteiger partial charge in [0.15, 0.2) is 43.7 Å². The fraction of sp³-hybridized carbons (Fsp3) is 0.925. The summed E-state index contributed by atoms with van der Waals surface area (Å²) in [6, 6.07) is 0. The van der Waals surface area contributed by atoms with Crippen LogP contribution in [0.2, 0.25) is 0 Å². The summed E-state index contributed by atoms with van der Waals surface area (Å²) in [6.45, 7) is 12.2. The monoisotopic (exact) mass is 1450 g/mol. The lowest BCUT2D eigenvalue weighted by atomic mass is 9.33. The summed E-state index contributed by atoms with van der Waals surface area (Å²) in [5.41, 5.74) is -6.14. The molecule has 0 radical (unpaired) electrons. The van der Waals surface area contributed by atoms with E-state index in [1.54, 1.807) is 0 Å². The van der Waals surface area contributed by atoms with E-state index >= 15 is 4.79 Å². The van der Waals surface area contributed by atoms with Gasteiger partial charge in [0.2, 0.25) is 6.29 Å². The van der Waals surface area contributed by atoms with Crippen LogP contribution in [0.15, 0.2) is 11.6 Å².